The van der Waals surface area contributed by atoms with Crippen molar-refractivity contribution in [2.75, 3.05) is 13.7 Å². The van der Waals surface area contributed by atoms with Crippen LogP contribution in [-0.2, 0) is 14.3 Å². The molecule has 0 aliphatic carbocycles. The Morgan fingerprint density at radius 2 is 2.05 bits per heavy atom. The van der Waals surface area contributed by atoms with Crippen molar-refractivity contribution in [1.29, 1.82) is 0 Å². The topological polar surface area (TPSA) is 55.8 Å². The molecule has 19 heavy (non-hydrogen) atoms. The van der Waals surface area contributed by atoms with Crippen LogP contribution in [0.5, 0.6) is 0 Å². The first-order valence-corrected chi connectivity index (χ1v) is 6.47. The van der Waals surface area contributed by atoms with E-state index in [1.165, 1.54) is 12.0 Å². The predicted octanol–water partition coefficient (Wildman–Crippen LogP) is 2.51. The van der Waals surface area contributed by atoms with E-state index in [-0.39, 0.29) is 0 Å². The molecule has 1 rings (SSSR count). The third-order valence-corrected chi connectivity index (χ3v) is 3.15. The van der Waals surface area contributed by atoms with E-state index in [0.29, 0.717) is 19.4 Å². The summed E-state index contributed by atoms with van der Waals surface area (Å²) in [6.45, 7) is 9.57. The van der Waals surface area contributed by atoms with E-state index in [9.17, 15) is 9.59 Å². The predicted molar refractivity (Wildman–Crippen MR) is 71.7 cm³/mol. The van der Waals surface area contributed by atoms with Crippen LogP contribution in [0.2, 0.25) is 0 Å². The standard InChI is InChI=1S/C14H23NO4/c1-6-8-14(11(16)18-5)9-7-10-15(14)12(17)19-13(2,3)4/h6H,1,7-10H2,2-5H3/t14-/m0/s1. The summed E-state index contributed by atoms with van der Waals surface area (Å²) in [7, 11) is 1.33. The van der Waals surface area contributed by atoms with Crippen molar-refractivity contribution in [3.8, 4) is 0 Å². The molecular formula is C14H23NO4. The number of amides is 1. The van der Waals surface area contributed by atoms with Gasteiger partial charge in [0.15, 0.2) is 0 Å². The van der Waals surface area contributed by atoms with Crippen molar-refractivity contribution >= 4 is 12.1 Å². The average molecular weight is 269 g/mol. The van der Waals surface area contributed by atoms with Gasteiger partial charge < -0.3 is 9.47 Å². The van der Waals surface area contributed by atoms with Crippen LogP contribution in [0.3, 0.4) is 0 Å². The highest BCUT2D eigenvalue weighted by atomic mass is 16.6. The fraction of sp³-hybridized carbons (Fsp3) is 0.714. The third-order valence-electron chi connectivity index (χ3n) is 3.15. The van der Waals surface area contributed by atoms with Gasteiger partial charge in [0, 0.05) is 6.54 Å². The number of methoxy groups -OCH3 is 1. The lowest BCUT2D eigenvalue weighted by atomic mass is 9.92. The number of ether oxygens (including phenoxy) is 2. The minimum absolute atomic E-state index is 0.374. The Labute approximate surface area is 114 Å². The Morgan fingerprint density at radius 1 is 1.42 bits per heavy atom. The van der Waals surface area contributed by atoms with Crippen LogP contribution in [0, 0.1) is 0 Å². The van der Waals surface area contributed by atoms with Gasteiger partial charge in [0.05, 0.1) is 7.11 Å². The Kier molecular flexibility index (Phi) is 4.61. The molecule has 0 aromatic rings. The van der Waals surface area contributed by atoms with Gasteiger partial charge in [-0.05, 0) is 40.0 Å². The van der Waals surface area contributed by atoms with Crippen molar-refractivity contribution in [2.24, 2.45) is 0 Å². The highest BCUT2D eigenvalue weighted by Gasteiger charge is 2.51. The molecule has 5 heteroatoms. The highest BCUT2D eigenvalue weighted by Crippen LogP contribution is 2.35. The summed E-state index contributed by atoms with van der Waals surface area (Å²) in [4.78, 5) is 25.8. The number of likely N-dealkylation sites (tertiary alicyclic amines) is 1. The zero-order valence-electron chi connectivity index (χ0n) is 12.2. The number of rotatable bonds is 3. The van der Waals surface area contributed by atoms with Gasteiger partial charge in [0.1, 0.15) is 11.1 Å². The van der Waals surface area contributed by atoms with E-state index in [4.69, 9.17) is 9.47 Å². The molecule has 0 aromatic carbocycles. The molecule has 5 nitrogen and oxygen atoms in total. The summed E-state index contributed by atoms with van der Waals surface area (Å²) in [6, 6.07) is 0. The number of hydrogen-bond donors (Lipinski definition) is 0. The number of carbonyl (C=O) groups excluding carboxylic acids is 2. The van der Waals surface area contributed by atoms with Crippen LogP contribution in [0.1, 0.15) is 40.0 Å². The molecule has 1 amide bonds. The summed E-state index contributed by atoms with van der Waals surface area (Å²) < 4.78 is 10.2. The second-order valence-electron chi connectivity index (χ2n) is 5.75. The smallest absolute Gasteiger partial charge is 0.411 e. The van der Waals surface area contributed by atoms with E-state index in [2.05, 4.69) is 6.58 Å². The Bertz CT molecular complexity index is 372. The van der Waals surface area contributed by atoms with Crippen LogP contribution >= 0.6 is 0 Å². The van der Waals surface area contributed by atoms with E-state index >= 15 is 0 Å². The molecule has 0 unspecified atom stereocenters. The largest absolute Gasteiger partial charge is 0.467 e. The first kappa shape index (κ1) is 15.5. The van der Waals surface area contributed by atoms with Gasteiger partial charge >= 0.3 is 12.1 Å². The summed E-state index contributed by atoms with van der Waals surface area (Å²) in [5.41, 5.74) is -1.55. The van der Waals surface area contributed by atoms with Crippen LogP contribution in [0.15, 0.2) is 12.7 Å². The lowest BCUT2D eigenvalue weighted by Crippen LogP contribution is -2.54. The van der Waals surface area contributed by atoms with Crippen LogP contribution in [0.4, 0.5) is 4.79 Å². The Hall–Kier alpha value is -1.52. The normalized spacial score (nSPS) is 23.1. The Balaban J connectivity index is 3.00. The molecule has 0 saturated carbocycles. The fourth-order valence-electron chi connectivity index (χ4n) is 2.40. The van der Waals surface area contributed by atoms with Gasteiger partial charge in [0.2, 0.25) is 0 Å². The van der Waals surface area contributed by atoms with Gasteiger partial charge in [-0.15, -0.1) is 6.58 Å². The third kappa shape index (κ3) is 3.28. The first-order chi connectivity index (χ1) is 8.77. The van der Waals surface area contributed by atoms with Crippen molar-refractivity contribution in [3.63, 3.8) is 0 Å². The average Bonchev–Trinajstić information content (AvgIpc) is 2.71. The minimum Gasteiger partial charge on any atom is -0.467 e. The fourth-order valence-corrected chi connectivity index (χ4v) is 2.40. The zero-order valence-corrected chi connectivity index (χ0v) is 12.2. The van der Waals surface area contributed by atoms with Crippen molar-refractivity contribution < 1.29 is 19.1 Å². The molecule has 1 aliphatic heterocycles. The Morgan fingerprint density at radius 3 is 2.53 bits per heavy atom. The van der Waals surface area contributed by atoms with Gasteiger partial charge in [-0.25, -0.2) is 9.59 Å². The maximum Gasteiger partial charge on any atom is 0.411 e. The monoisotopic (exact) mass is 269 g/mol. The van der Waals surface area contributed by atoms with E-state index in [1.807, 2.05) is 0 Å². The molecule has 0 bridgehead atoms. The molecule has 0 spiro atoms. The van der Waals surface area contributed by atoms with Gasteiger partial charge in [-0.3, -0.25) is 4.90 Å². The van der Waals surface area contributed by atoms with E-state index < -0.39 is 23.2 Å². The second-order valence-corrected chi connectivity index (χ2v) is 5.75. The van der Waals surface area contributed by atoms with Crippen LogP contribution in [-0.4, -0.2) is 41.8 Å². The molecule has 1 heterocycles. The number of nitrogens with zero attached hydrogens (tertiary/aromatic N) is 1. The zero-order chi connectivity index (χ0) is 14.7. The SMILES string of the molecule is C=CC[C@@]1(C(=O)OC)CCCN1C(=O)OC(C)(C)C. The van der Waals surface area contributed by atoms with Crippen LogP contribution in [0.25, 0.3) is 0 Å². The summed E-state index contributed by atoms with van der Waals surface area (Å²) in [5.74, 6) is -0.407. The lowest BCUT2D eigenvalue weighted by Gasteiger charge is -2.36. The summed E-state index contributed by atoms with van der Waals surface area (Å²) >= 11 is 0. The second kappa shape index (κ2) is 5.63. The molecular weight excluding hydrogens is 246 g/mol. The van der Waals surface area contributed by atoms with E-state index in [1.54, 1.807) is 26.8 Å². The van der Waals surface area contributed by atoms with E-state index in [0.717, 1.165) is 6.42 Å². The molecule has 1 atom stereocenters. The van der Waals surface area contributed by atoms with Crippen molar-refractivity contribution in [2.45, 2.75) is 51.2 Å². The molecule has 1 saturated heterocycles. The quantitative estimate of drug-likeness (QED) is 0.583. The van der Waals surface area contributed by atoms with Crippen LogP contribution < -0.4 is 0 Å². The first-order valence-electron chi connectivity index (χ1n) is 6.47. The summed E-state index contributed by atoms with van der Waals surface area (Å²) in [5, 5.41) is 0. The van der Waals surface area contributed by atoms with Crippen molar-refractivity contribution in [3.05, 3.63) is 12.7 Å². The molecule has 108 valence electrons. The summed E-state index contributed by atoms with van der Waals surface area (Å²) in [6.07, 6.45) is 2.86. The lowest BCUT2D eigenvalue weighted by molar-refractivity contribution is -0.153. The number of hydrogen-bond acceptors (Lipinski definition) is 4. The van der Waals surface area contributed by atoms with Gasteiger partial charge in [-0.1, -0.05) is 6.08 Å². The molecule has 1 aliphatic rings. The molecule has 0 aromatic heterocycles. The minimum atomic E-state index is -0.959. The van der Waals surface area contributed by atoms with Crippen molar-refractivity contribution in [1.82, 2.24) is 4.90 Å². The number of esters is 1. The number of carbonyl (C=O) groups is 2. The van der Waals surface area contributed by atoms with Gasteiger partial charge in [-0.2, -0.15) is 0 Å². The maximum atomic E-state index is 12.2. The molecule has 0 N–H and O–H groups in total. The highest BCUT2D eigenvalue weighted by molar-refractivity contribution is 5.86. The van der Waals surface area contributed by atoms with Gasteiger partial charge in [0.25, 0.3) is 0 Å². The molecule has 1 fully saturated rings. The molecule has 0 radical (unpaired) electrons. The maximum absolute atomic E-state index is 12.2.